The fraction of sp³-hybridized carbons (Fsp3) is 0.263. The molecule has 0 fully saturated rings. The van der Waals surface area contributed by atoms with Crippen molar-refractivity contribution in [2.75, 3.05) is 11.9 Å². The Morgan fingerprint density at radius 2 is 1.76 bits per heavy atom. The summed E-state index contributed by atoms with van der Waals surface area (Å²) in [6.45, 7) is 0.441. The summed E-state index contributed by atoms with van der Waals surface area (Å²) in [6, 6.07) is 11.5. The van der Waals surface area contributed by atoms with Crippen molar-refractivity contribution in [3.8, 4) is 5.75 Å². The molecule has 0 heterocycles. The average molecular weight is 402 g/mol. The minimum atomic E-state index is -0.934. The molecule has 2 rings (SSSR count). The summed E-state index contributed by atoms with van der Waals surface area (Å²) in [5.74, 6) is -0.324. The number of nitrogens with one attached hydrogen (secondary N) is 1. The van der Waals surface area contributed by atoms with E-state index in [4.69, 9.17) is 20.9 Å². The van der Waals surface area contributed by atoms with Crippen LogP contribution >= 0.6 is 0 Å². The molecule has 0 aliphatic rings. The third-order valence-corrected chi connectivity index (χ3v) is 3.94. The lowest BCUT2D eigenvalue weighted by atomic mass is 10.1. The second-order valence-corrected chi connectivity index (χ2v) is 6.12. The molecular weight excluding hydrogens is 380 g/mol. The van der Waals surface area contributed by atoms with E-state index < -0.39 is 23.0 Å². The van der Waals surface area contributed by atoms with Crippen LogP contribution in [0.3, 0.4) is 0 Å². The molecule has 0 unspecified atom stereocenters. The van der Waals surface area contributed by atoms with E-state index in [0.29, 0.717) is 30.6 Å². The first-order valence-corrected chi connectivity index (χ1v) is 8.83. The molecule has 1 amide bonds. The summed E-state index contributed by atoms with van der Waals surface area (Å²) >= 11 is 0. The highest BCUT2D eigenvalue weighted by Gasteiger charge is 2.14. The standard InChI is InChI=1S/C19H22N4O6/c20-11-1-2-17(18(21)24)22-14-5-3-13(4-6-14)12-28-19(25)29-16-9-7-15(8-10-16)23(26)27/h3-10,17,22H,1-2,11-12,20H2,(H2,21,24)/t17-/m0/s1. The summed E-state index contributed by atoms with van der Waals surface area (Å²) in [5.41, 5.74) is 12.1. The number of benzene rings is 2. The summed E-state index contributed by atoms with van der Waals surface area (Å²) in [6.07, 6.45) is 0.269. The third kappa shape index (κ3) is 7.11. The number of anilines is 1. The number of nitro groups is 1. The SMILES string of the molecule is NCCC[C@H](Nc1ccc(COC(=O)Oc2ccc([N+](=O)[O-])cc2)cc1)C(N)=O. The number of primary amides is 1. The van der Waals surface area contributed by atoms with Crippen molar-refractivity contribution in [3.63, 3.8) is 0 Å². The lowest BCUT2D eigenvalue weighted by Crippen LogP contribution is -2.35. The molecule has 10 heteroatoms. The van der Waals surface area contributed by atoms with Gasteiger partial charge in [0.05, 0.1) is 4.92 Å². The molecule has 154 valence electrons. The maximum Gasteiger partial charge on any atom is 0.514 e. The number of nitrogens with zero attached hydrogens (tertiary/aromatic N) is 1. The highest BCUT2D eigenvalue weighted by Crippen LogP contribution is 2.18. The van der Waals surface area contributed by atoms with Crippen LogP contribution in [0.4, 0.5) is 16.2 Å². The van der Waals surface area contributed by atoms with E-state index in [1.807, 2.05) is 0 Å². The molecule has 0 saturated carbocycles. The maximum absolute atomic E-state index is 11.7. The van der Waals surface area contributed by atoms with Crippen LogP contribution in [0.25, 0.3) is 0 Å². The van der Waals surface area contributed by atoms with Crippen molar-refractivity contribution < 1.29 is 24.0 Å². The number of rotatable bonds is 10. The molecule has 0 radical (unpaired) electrons. The number of hydrogen-bond acceptors (Lipinski definition) is 8. The summed E-state index contributed by atoms with van der Waals surface area (Å²) in [4.78, 5) is 33.3. The molecule has 2 aromatic carbocycles. The number of carbonyl (C=O) groups excluding carboxylic acids is 2. The Balaban J connectivity index is 1.83. The van der Waals surface area contributed by atoms with Crippen molar-refractivity contribution in [1.29, 1.82) is 0 Å². The van der Waals surface area contributed by atoms with Crippen LogP contribution in [0, 0.1) is 10.1 Å². The fourth-order valence-corrected chi connectivity index (χ4v) is 2.41. The molecule has 10 nitrogen and oxygen atoms in total. The number of ether oxygens (including phenoxy) is 2. The second kappa shape index (κ2) is 10.6. The van der Waals surface area contributed by atoms with Gasteiger partial charge in [0.2, 0.25) is 5.91 Å². The average Bonchev–Trinajstić information content (AvgIpc) is 2.70. The van der Waals surface area contributed by atoms with Crippen molar-refractivity contribution in [2.45, 2.75) is 25.5 Å². The first-order chi connectivity index (χ1) is 13.9. The van der Waals surface area contributed by atoms with Crippen LogP contribution in [0.1, 0.15) is 18.4 Å². The summed E-state index contributed by atoms with van der Waals surface area (Å²) in [5, 5.41) is 13.6. The molecule has 29 heavy (non-hydrogen) atoms. The zero-order valence-corrected chi connectivity index (χ0v) is 15.6. The van der Waals surface area contributed by atoms with Crippen molar-refractivity contribution >= 4 is 23.4 Å². The second-order valence-electron chi connectivity index (χ2n) is 6.12. The number of non-ortho nitro benzene ring substituents is 1. The first kappa shape index (κ1) is 21.6. The van der Waals surface area contributed by atoms with Gasteiger partial charge in [0.25, 0.3) is 5.69 Å². The monoisotopic (exact) mass is 402 g/mol. The van der Waals surface area contributed by atoms with Crippen LogP contribution in [-0.2, 0) is 16.1 Å². The lowest BCUT2D eigenvalue weighted by Gasteiger charge is -2.16. The number of hydrogen-bond donors (Lipinski definition) is 3. The van der Waals surface area contributed by atoms with Gasteiger partial charge in [0.1, 0.15) is 18.4 Å². The van der Waals surface area contributed by atoms with E-state index in [1.54, 1.807) is 24.3 Å². The quantitative estimate of drug-likeness (QED) is 0.236. The van der Waals surface area contributed by atoms with Crippen LogP contribution in [-0.4, -0.2) is 29.6 Å². The Morgan fingerprint density at radius 3 is 2.31 bits per heavy atom. The molecule has 0 spiro atoms. The Kier molecular flexibility index (Phi) is 7.92. The third-order valence-electron chi connectivity index (χ3n) is 3.94. The molecule has 1 atom stereocenters. The van der Waals surface area contributed by atoms with Gasteiger partial charge in [-0.2, -0.15) is 0 Å². The highest BCUT2D eigenvalue weighted by molar-refractivity contribution is 5.82. The highest BCUT2D eigenvalue weighted by atomic mass is 16.7. The Labute approximate surface area is 166 Å². The number of carbonyl (C=O) groups is 2. The van der Waals surface area contributed by atoms with Gasteiger partial charge in [-0.1, -0.05) is 12.1 Å². The van der Waals surface area contributed by atoms with Gasteiger partial charge < -0.3 is 26.3 Å². The van der Waals surface area contributed by atoms with E-state index >= 15 is 0 Å². The molecule has 5 N–H and O–H groups in total. The Hall–Kier alpha value is -3.66. The molecule has 0 aliphatic carbocycles. The molecule has 0 aromatic heterocycles. The molecule has 0 aliphatic heterocycles. The van der Waals surface area contributed by atoms with Gasteiger partial charge in [0.15, 0.2) is 0 Å². The summed E-state index contributed by atoms with van der Waals surface area (Å²) in [7, 11) is 0. The van der Waals surface area contributed by atoms with Gasteiger partial charge in [-0.05, 0) is 49.2 Å². The zero-order valence-electron chi connectivity index (χ0n) is 15.6. The lowest BCUT2D eigenvalue weighted by molar-refractivity contribution is -0.384. The van der Waals surface area contributed by atoms with Crippen LogP contribution in [0.15, 0.2) is 48.5 Å². The maximum atomic E-state index is 11.7. The van der Waals surface area contributed by atoms with Gasteiger partial charge in [0, 0.05) is 17.8 Å². The van der Waals surface area contributed by atoms with Gasteiger partial charge >= 0.3 is 6.16 Å². The number of amides is 1. The molecule has 0 saturated heterocycles. The van der Waals surface area contributed by atoms with E-state index in [9.17, 15) is 19.7 Å². The van der Waals surface area contributed by atoms with Crippen LogP contribution in [0.5, 0.6) is 5.75 Å². The minimum absolute atomic E-state index is 0.0292. The van der Waals surface area contributed by atoms with Crippen molar-refractivity contribution in [3.05, 3.63) is 64.2 Å². The number of nitrogens with two attached hydrogens (primary N) is 2. The fourth-order valence-electron chi connectivity index (χ4n) is 2.41. The van der Waals surface area contributed by atoms with E-state index in [1.165, 1.54) is 24.3 Å². The van der Waals surface area contributed by atoms with Crippen LogP contribution in [0.2, 0.25) is 0 Å². The van der Waals surface area contributed by atoms with E-state index in [2.05, 4.69) is 5.32 Å². The topological polar surface area (TPSA) is 160 Å². The predicted molar refractivity (Wildman–Crippen MR) is 105 cm³/mol. The van der Waals surface area contributed by atoms with E-state index in [0.717, 1.165) is 0 Å². The summed E-state index contributed by atoms with van der Waals surface area (Å²) < 4.78 is 9.97. The van der Waals surface area contributed by atoms with Gasteiger partial charge in [-0.25, -0.2) is 4.79 Å². The molecule has 0 bridgehead atoms. The smallest absolute Gasteiger partial charge is 0.429 e. The Morgan fingerprint density at radius 1 is 1.10 bits per heavy atom. The van der Waals surface area contributed by atoms with Gasteiger partial charge in [-0.15, -0.1) is 0 Å². The Bertz CT molecular complexity index is 839. The first-order valence-electron chi connectivity index (χ1n) is 8.83. The molecular formula is C19H22N4O6. The number of nitro benzene ring substituents is 1. The van der Waals surface area contributed by atoms with Crippen molar-refractivity contribution in [2.24, 2.45) is 11.5 Å². The normalized spacial score (nSPS) is 11.3. The zero-order chi connectivity index (χ0) is 21.2. The van der Waals surface area contributed by atoms with E-state index in [-0.39, 0.29) is 18.0 Å². The minimum Gasteiger partial charge on any atom is -0.429 e. The van der Waals surface area contributed by atoms with Crippen LogP contribution < -0.4 is 21.5 Å². The molecule has 2 aromatic rings. The predicted octanol–water partition coefficient (Wildman–Crippen LogP) is 2.32. The van der Waals surface area contributed by atoms with Crippen molar-refractivity contribution in [1.82, 2.24) is 0 Å². The van der Waals surface area contributed by atoms with Gasteiger partial charge in [-0.3, -0.25) is 14.9 Å². The largest absolute Gasteiger partial charge is 0.514 e.